The van der Waals surface area contributed by atoms with Gasteiger partial charge < -0.3 is 9.73 Å². The van der Waals surface area contributed by atoms with Crippen molar-refractivity contribution < 1.29 is 22.0 Å². The van der Waals surface area contributed by atoms with E-state index < -0.39 is 30.0 Å². The van der Waals surface area contributed by atoms with E-state index >= 15 is 0 Å². The molecule has 0 bridgehead atoms. The Morgan fingerprint density at radius 3 is 2.20 bits per heavy atom. The fourth-order valence-corrected chi connectivity index (χ4v) is 2.05. The standard InChI is InChI=1S/C15H11F4N5O/c1-7(8-2-10(16)4-11(17)3-8)22-15-20-5-9(6-21-15)13-23-24-14(25-13)12(18)19/h2-7,12H,1H3,(H,20,21,22). The van der Waals surface area contributed by atoms with E-state index in [1.807, 2.05) is 0 Å². The highest BCUT2D eigenvalue weighted by Gasteiger charge is 2.17. The van der Waals surface area contributed by atoms with Crippen LogP contribution in [0.3, 0.4) is 0 Å². The van der Waals surface area contributed by atoms with Gasteiger partial charge in [-0.05, 0) is 24.6 Å². The van der Waals surface area contributed by atoms with Crippen molar-refractivity contribution in [1.29, 1.82) is 0 Å². The molecule has 2 aromatic heterocycles. The number of hydrogen-bond donors (Lipinski definition) is 1. The summed E-state index contributed by atoms with van der Waals surface area (Å²) >= 11 is 0. The van der Waals surface area contributed by atoms with Gasteiger partial charge in [0.05, 0.1) is 11.6 Å². The van der Waals surface area contributed by atoms with Crippen LogP contribution in [-0.4, -0.2) is 20.2 Å². The number of alkyl halides is 2. The van der Waals surface area contributed by atoms with Crippen molar-refractivity contribution in [3.05, 3.63) is 53.7 Å². The minimum Gasteiger partial charge on any atom is -0.415 e. The molecule has 3 aromatic rings. The predicted molar refractivity (Wildman–Crippen MR) is 78.7 cm³/mol. The molecule has 0 aliphatic rings. The van der Waals surface area contributed by atoms with Gasteiger partial charge in [0.25, 0.3) is 11.8 Å². The minimum atomic E-state index is -2.87. The van der Waals surface area contributed by atoms with E-state index in [4.69, 9.17) is 4.42 Å². The summed E-state index contributed by atoms with van der Waals surface area (Å²) < 4.78 is 56.2. The largest absolute Gasteiger partial charge is 0.415 e. The molecule has 2 heterocycles. The summed E-state index contributed by atoms with van der Waals surface area (Å²) in [6.07, 6.45) is -0.260. The van der Waals surface area contributed by atoms with Crippen molar-refractivity contribution in [2.24, 2.45) is 0 Å². The highest BCUT2D eigenvalue weighted by molar-refractivity contribution is 5.50. The number of halogens is 4. The third-order valence-electron chi connectivity index (χ3n) is 3.26. The number of aromatic nitrogens is 4. The van der Waals surface area contributed by atoms with E-state index in [-0.39, 0.29) is 17.4 Å². The number of benzene rings is 1. The summed E-state index contributed by atoms with van der Waals surface area (Å²) in [5.74, 6) is -2.13. The second-order valence-electron chi connectivity index (χ2n) is 5.11. The molecule has 0 aliphatic carbocycles. The van der Waals surface area contributed by atoms with Crippen LogP contribution in [0.1, 0.15) is 30.8 Å². The lowest BCUT2D eigenvalue weighted by Crippen LogP contribution is -2.10. The monoisotopic (exact) mass is 353 g/mol. The van der Waals surface area contributed by atoms with Crippen LogP contribution in [0.15, 0.2) is 35.0 Å². The molecule has 1 unspecified atom stereocenters. The first-order valence-electron chi connectivity index (χ1n) is 7.09. The van der Waals surface area contributed by atoms with E-state index in [9.17, 15) is 17.6 Å². The van der Waals surface area contributed by atoms with E-state index in [2.05, 4.69) is 25.5 Å². The van der Waals surface area contributed by atoms with Gasteiger partial charge in [0.2, 0.25) is 5.95 Å². The molecule has 1 N–H and O–H groups in total. The predicted octanol–water partition coefficient (Wildman–Crippen LogP) is 3.92. The van der Waals surface area contributed by atoms with Gasteiger partial charge in [-0.1, -0.05) is 0 Å². The van der Waals surface area contributed by atoms with Crippen molar-refractivity contribution in [3.8, 4) is 11.5 Å². The Hall–Kier alpha value is -3.04. The lowest BCUT2D eigenvalue weighted by Gasteiger charge is -2.14. The topological polar surface area (TPSA) is 76.7 Å². The molecule has 0 amide bonds. The first-order chi connectivity index (χ1) is 11.9. The Morgan fingerprint density at radius 2 is 1.64 bits per heavy atom. The minimum absolute atomic E-state index is 0.137. The fraction of sp³-hybridized carbons (Fsp3) is 0.200. The number of anilines is 1. The van der Waals surface area contributed by atoms with Gasteiger partial charge in [0.15, 0.2) is 0 Å². The van der Waals surface area contributed by atoms with Crippen LogP contribution in [0.4, 0.5) is 23.5 Å². The summed E-state index contributed by atoms with van der Waals surface area (Å²) in [7, 11) is 0. The molecular weight excluding hydrogens is 342 g/mol. The Labute approximate surface area is 138 Å². The third kappa shape index (κ3) is 3.90. The average molecular weight is 353 g/mol. The highest BCUT2D eigenvalue weighted by atomic mass is 19.3. The summed E-state index contributed by atoms with van der Waals surface area (Å²) in [5, 5.41) is 9.57. The van der Waals surface area contributed by atoms with Gasteiger partial charge in [-0.3, -0.25) is 0 Å². The van der Waals surface area contributed by atoms with Crippen molar-refractivity contribution in [2.45, 2.75) is 19.4 Å². The first-order valence-corrected chi connectivity index (χ1v) is 7.09. The van der Waals surface area contributed by atoms with Crippen LogP contribution in [0.25, 0.3) is 11.5 Å². The van der Waals surface area contributed by atoms with Crippen molar-refractivity contribution >= 4 is 5.95 Å². The zero-order chi connectivity index (χ0) is 18.0. The molecule has 130 valence electrons. The van der Waals surface area contributed by atoms with Gasteiger partial charge in [0, 0.05) is 18.5 Å². The Morgan fingerprint density at radius 1 is 1.00 bits per heavy atom. The van der Waals surface area contributed by atoms with Crippen LogP contribution < -0.4 is 5.32 Å². The summed E-state index contributed by atoms with van der Waals surface area (Å²) in [4.78, 5) is 7.99. The molecule has 10 heteroatoms. The number of rotatable bonds is 5. The summed E-state index contributed by atoms with van der Waals surface area (Å²) in [6.45, 7) is 1.68. The van der Waals surface area contributed by atoms with Crippen molar-refractivity contribution in [2.75, 3.05) is 5.32 Å². The van der Waals surface area contributed by atoms with E-state index in [1.165, 1.54) is 24.5 Å². The van der Waals surface area contributed by atoms with Crippen molar-refractivity contribution in [3.63, 3.8) is 0 Å². The maximum Gasteiger partial charge on any atom is 0.314 e. The summed E-state index contributed by atoms with van der Waals surface area (Å²) in [5.41, 5.74) is 0.637. The zero-order valence-corrected chi connectivity index (χ0v) is 12.8. The number of nitrogens with zero attached hydrogens (tertiary/aromatic N) is 4. The molecule has 1 atom stereocenters. The Bertz CT molecular complexity index is 848. The molecule has 25 heavy (non-hydrogen) atoms. The van der Waals surface area contributed by atoms with E-state index in [0.29, 0.717) is 5.56 Å². The molecule has 0 radical (unpaired) electrons. The van der Waals surface area contributed by atoms with Gasteiger partial charge in [-0.2, -0.15) is 8.78 Å². The molecule has 0 saturated carbocycles. The molecule has 0 saturated heterocycles. The maximum atomic E-state index is 13.3. The van der Waals surface area contributed by atoms with Crippen molar-refractivity contribution in [1.82, 2.24) is 20.2 Å². The Balaban J connectivity index is 1.73. The van der Waals surface area contributed by atoms with Crippen LogP contribution in [0.5, 0.6) is 0 Å². The van der Waals surface area contributed by atoms with Crippen LogP contribution in [0.2, 0.25) is 0 Å². The molecule has 0 aliphatic heterocycles. The van der Waals surface area contributed by atoms with Gasteiger partial charge in [-0.15, -0.1) is 10.2 Å². The number of hydrogen-bond acceptors (Lipinski definition) is 6. The van der Waals surface area contributed by atoms with Gasteiger partial charge >= 0.3 is 6.43 Å². The Kier molecular flexibility index (Phi) is 4.59. The third-order valence-corrected chi connectivity index (χ3v) is 3.26. The second-order valence-corrected chi connectivity index (χ2v) is 5.11. The van der Waals surface area contributed by atoms with Gasteiger partial charge in [-0.25, -0.2) is 18.7 Å². The van der Waals surface area contributed by atoms with E-state index in [1.54, 1.807) is 6.92 Å². The van der Waals surface area contributed by atoms with Crippen LogP contribution >= 0.6 is 0 Å². The van der Waals surface area contributed by atoms with Gasteiger partial charge in [0.1, 0.15) is 11.6 Å². The first kappa shape index (κ1) is 16.8. The normalized spacial score (nSPS) is 12.4. The van der Waals surface area contributed by atoms with Crippen LogP contribution in [0, 0.1) is 11.6 Å². The molecule has 1 aromatic carbocycles. The molecule has 0 spiro atoms. The highest BCUT2D eigenvalue weighted by Crippen LogP contribution is 2.23. The quantitative estimate of drug-likeness (QED) is 0.701. The second kappa shape index (κ2) is 6.83. The molecular formula is C15H11F4N5O. The van der Waals surface area contributed by atoms with E-state index in [0.717, 1.165) is 6.07 Å². The number of nitrogens with one attached hydrogen (secondary N) is 1. The maximum absolute atomic E-state index is 13.3. The van der Waals surface area contributed by atoms with Crippen LogP contribution in [-0.2, 0) is 0 Å². The summed E-state index contributed by atoms with van der Waals surface area (Å²) in [6, 6.07) is 2.70. The lowest BCUT2D eigenvalue weighted by atomic mass is 10.1. The smallest absolute Gasteiger partial charge is 0.314 e. The molecule has 6 nitrogen and oxygen atoms in total. The average Bonchev–Trinajstić information content (AvgIpc) is 3.05. The molecule has 3 rings (SSSR count). The fourth-order valence-electron chi connectivity index (χ4n) is 2.05. The molecule has 0 fully saturated rings. The zero-order valence-electron chi connectivity index (χ0n) is 12.8. The SMILES string of the molecule is CC(Nc1ncc(-c2nnc(C(F)F)o2)cn1)c1cc(F)cc(F)c1. The lowest BCUT2D eigenvalue weighted by molar-refractivity contribution is 0.116.